The van der Waals surface area contributed by atoms with E-state index in [1.54, 1.807) is 42.3 Å². The molecule has 3 heterocycles. The number of anilines is 1. The van der Waals surface area contributed by atoms with Gasteiger partial charge in [0.15, 0.2) is 18.3 Å². The number of hydrogen-bond donors (Lipinski definition) is 2. The number of benzene rings is 2. The Morgan fingerprint density at radius 2 is 1.81 bits per heavy atom. The lowest BCUT2D eigenvalue weighted by Gasteiger charge is -2.41. The Morgan fingerprint density at radius 1 is 1.10 bits per heavy atom. The van der Waals surface area contributed by atoms with E-state index in [-0.39, 0.29) is 17.9 Å². The highest BCUT2D eigenvalue weighted by atomic mass is 16.5. The Balaban J connectivity index is 1.62. The second-order valence-electron chi connectivity index (χ2n) is 12.5. The monoisotopic (exact) mass is 578 g/mol. The first-order chi connectivity index (χ1) is 20.0. The van der Waals surface area contributed by atoms with Crippen molar-refractivity contribution in [2.45, 2.75) is 63.8 Å². The van der Waals surface area contributed by atoms with Crippen molar-refractivity contribution in [2.24, 2.45) is 5.41 Å². The fraction of sp³-hybridized carbons (Fsp3) is 0.515. The lowest BCUT2D eigenvalue weighted by molar-refractivity contribution is -0.142. The first-order valence-electron chi connectivity index (χ1n) is 14.6. The smallest absolute Gasteiger partial charge is 0.260 e. The van der Waals surface area contributed by atoms with E-state index in [9.17, 15) is 14.7 Å². The third-order valence-corrected chi connectivity index (χ3v) is 8.72. The first kappa shape index (κ1) is 30.1. The van der Waals surface area contributed by atoms with Gasteiger partial charge in [-0.25, -0.2) is 0 Å². The van der Waals surface area contributed by atoms with E-state index >= 15 is 0 Å². The number of hydrogen-bond acceptors (Lipinski definition) is 7. The maximum atomic E-state index is 13.2. The van der Waals surface area contributed by atoms with Crippen molar-refractivity contribution in [1.82, 2.24) is 4.90 Å². The number of methoxy groups -OCH3 is 2. The molecule has 2 amide bonds. The molecule has 0 radical (unpaired) electrons. The molecule has 0 spiro atoms. The number of carbonyl (C=O) groups excluding carboxylic acids is 2. The molecule has 2 aromatic carbocycles. The van der Waals surface area contributed by atoms with E-state index in [0.717, 1.165) is 25.7 Å². The van der Waals surface area contributed by atoms with Gasteiger partial charge in [0.1, 0.15) is 11.5 Å². The van der Waals surface area contributed by atoms with Gasteiger partial charge in [-0.2, -0.15) is 0 Å². The standard InChI is InChI=1S/C33H42N2O7/c1-31(2)16-17-32(3,42-21-31)15-14-22-8-13-25-27(28(22)41-20-26(36)35-18-6-7-19-35)33(38,29(40-5)30(37)34-25)23-9-11-24(39-4)12-10-23/h8-15,29,38H,6-7,16-21H2,1-5H3,(H,34,37)/b15-14+. The second-order valence-corrected chi connectivity index (χ2v) is 12.5. The average Bonchev–Trinajstić information content (AvgIpc) is 3.52. The van der Waals surface area contributed by atoms with Crippen LogP contribution in [0, 0.1) is 5.41 Å². The summed E-state index contributed by atoms with van der Waals surface area (Å²) in [5.74, 6) is 0.291. The fourth-order valence-corrected chi connectivity index (χ4v) is 5.99. The van der Waals surface area contributed by atoms with Gasteiger partial charge in [-0.3, -0.25) is 9.59 Å². The fourth-order valence-electron chi connectivity index (χ4n) is 5.99. The molecule has 3 aliphatic rings. The number of likely N-dealkylation sites (tertiary alicyclic amines) is 1. The molecule has 3 atom stereocenters. The molecule has 226 valence electrons. The van der Waals surface area contributed by atoms with Gasteiger partial charge in [-0.1, -0.05) is 38.1 Å². The maximum absolute atomic E-state index is 13.2. The topological polar surface area (TPSA) is 107 Å². The van der Waals surface area contributed by atoms with Crippen LogP contribution in [-0.4, -0.2) is 74.0 Å². The van der Waals surface area contributed by atoms with Crippen LogP contribution >= 0.6 is 0 Å². The summed E-state index contributed by atoms with van der Waals surface area (Å²) in [6.07, 6.45) is 6.45. The van der Waals surface area contributed by atoms with E-state index < -0.39 is 23.2 Å². The van der Waals surface area contributed by atoms with Crippen molar-refractivity contribution in [2.75, 3.05) is 45.8 Å². The molecule has 0 aromatic heterocycles. The minimum absolute atomic E-state index is 0.117. The predicted molar refractivity (Wildman–Crippen MR) is 160 cm³/mol. The van der Waals surface area contributed by atoms with E-state index in [4.69, 9.17) is 18.9 Å². The van der Waals surface area contributed by atoms with Gasteiger partial charge in [-0.15, -0.1) is 0 Å². The number of nitrogens with one attached hydrogen (secondary N) is 1. The lowest BCUT2D eigenvalue weighted by Crippen LogP contribution is -2.53. The summed E-state index contributed by atoms with van der Waals surface area (Å²) in [6, 6.07) is 10.4. The predicted octanol–water partition coefficient (Wildman–Crippen LogP) is 4.51. The molecule has 0 aliphatic carbocycles. The molecule has 5 rings (SSSR count). The molecule has 9 nitrogen and oxygen atoms in total. The van der Waals surface area contributed by atoms with Crippen LogP contribution in [0.3, 0.4) is 0 Å². The van der Waals surface area contributed by atoms with E-state index in [1.165, 1.54) is 7.11 Å². The highest BCUT2D eigenvalue weighted by Gasteiger charge is 2.52. The van der Waals surface area contributed by atoms with Gasteiger partial charge < -0.3 is 34.3 Å². The van der Waals surface area contributed by atoms with Gasteiger partial charge in [0.25, 0.3) is 11.8 Å². The highest BCUT2D eigenvalue weighted by Crippen LogP contribution is 2.49. The SMILES string of the molecule is COc1ccc(C2(O)c3c(ccc(/C=C/C4(C)CCC(C)(C)CO4)c3OCC(=O)N3CCCC3)NC(=O)C2OC)cc1. The van der Waals surface area contributed by atoms with Crippen LogP contribution in [0.25, 0.3) is 6.08 Å². The Bertz CT molecular complexity index is 1340. The molecule has 2 saturated heterocycles. The number of carbonyl (C=O) groups is 2. The summed E-state index contributed by atoms with van der Waals surface area (Å²) < 4.78 is 23.5. The van der Waals surface area contributed by atoms with Crippen molar-refractivity contribution in [1.29, 1.82) is 0 Å². The summed E-state index contributed by atoms with van der Waals surface area (Å²) in [5, 5.41) is 15.4. The molecule has 0 bridgehead atoms. The molecule has 3 aliphatic heterocycles. The molecule has 42 heavy (non-hydrogen) atoms. The van der Waals surface area contributed by atoms with Crippen molar-refractivity contribution < 1.29 is 33.6 Å². The quantitative estimate of drug-likeness (QED) is 0.475. The van der Waals surface area contributed by atoms with Crippen LogP contribution in [0.15, 0.2) is 42.5 Å². The number of nitrogens with zero attached hydrogens (tertiary/aromatic N) is 1. The number of aliphatic hydroxyl groups is 1. The highest BCUT2D eigenvalue weighted by molar-refractivity contribution is 6.01. The van der Waals surface area contributed by atoms with Crippen molar-refractivity contribution >= 4 is 23.6 Å². The largest absolute Gasteiger partial charge is 0.497 e. The Labute approximate surface area is 247 Å². The average molecular weight is 579 g/mol. The number of rotatable bonds is 8. The third kappa shape index (κ3) is 5.78. The van der Waals surface area contributed by atoms with Gasteiger partial charge >= 0.3 is 0 Å². The number of ether oxygens (including phenoxy) is 4. The summed E-state index contributed by atoms with van der Waals surface area (Å²) in [5.41, 5.74) is -0.511. The van der Waals surface area contributed by atoms with Crippen LogP contribution in [0.1, 0.15) is 63.1 Å². The zero-order chi connectivity index (χ0) is 30.1. The van der Waals surface area contributed by atoms with E-state index in [2.05, 4.69) is 26.1 Å². The summed E-state index contributed by atoms with van der Waals surface area (Å²) in [4.78, 5) is 28.1. The van der Waals surface area contributed by atoms with Crippen molar-refractivity contribution in [3.8, 4) is 11.5 Å². The lowest BCUT2D eigenvalue weighted by atomic mass is 9.76. The van der Waals surface area contributed by atoms with Crippen molar-refractivity contribution in [3.63, 3.8) is 0 Å². The van der Waals surface area contributed by atoms with Crippen LogP contribution in [0.5, 0.6) is 11.5 Å². The second kappa shape index (κ2) is 11.7. The van der Waals surface area contributed by atoms with Crippen LogP contribution in [0.2, 0.25) is 0 Å². The third-order valence-electron chi connectivity index (χ3n) is 8.72. The molecule has 2 aromatic rings. The summed E-state index contributed by atoms with van der Waals surface area (Å²) >= 11 is 0. The van der Waals surface area contributed by atoms with Gasteiger partial charge in [-0.05, 0) is 67.9 Å². The van der Waals surface area contributed by atoms with Gasteiger partial charge in [0, 0.05) is 25.8 Å². The molecule has 9 heteroatoms. The summed E-state index contributed by atoms with van der Waals surface area (Å²) in [6.45, 7) is 8.29. The van der Waals surface area contributed by atoms with E-state index in [0.29, 0.717) is 53.6 Å². The van der Waals surface area contributed by atoms with Crippen LogP contribution < -0.4 is 14.8 Å². The Morgan fingerprint density at radius 3 is 2.43 bits per heavy atom. The molecular weight excluding hydrogens is 536 g/mol. The minimum Gasteiger partial charge on any atom is -0.497 e. The van der Waals surface area contributed by atoms with Crippen molar-refractivity contribution in [3.05, 3.63) is 59.2 Å². The minimum atomic E-state index is -1.93. The Hall–Kier alpha value is -3.40. The molecule has 2 N–H and O–H groups in total. The van der Waals surface area contributed by atoms with E-state index in [1.807, 2.05) is 18.2 Å². The molecule has 2 fully saturated rings. The maximum Gasteiger partial charge on any atom is 0.260 e. The van der Waals surface area contributed by atoms with Gasteiger partial charge in [0.05, 0.1) is 30.6 Å². The zero-order valence-electron chi connectivity index (χ0n) is 25.2. The van der Waals surface area contributed by atoms with Gasteiger partial charge in [0.2, 0.25) is 0 Å². The Kier molecular flexibility index (Phi) is 8.38. The first-order valence-corrected chi connectivity index (χ1v) is 14.6. The molecular formula is C33H42N2O7. The normalized spacial score (nSPS) is 27.0. The number of fused-ring (bicyclic) bond motifs is 1. The van der Waals surface area contributed by atoms with Crippen LogP contribution in [0.4, 0.5) is 5.69 Å². The van der Waals surface area contributed by atoms with Crippen LogP contribution in [-0.2, 0) is 24.7 Å². The zero-order valence-corrected chi connectivity index (χ0v) is 25.2. The molecule has 0 saturated carbocycles. The molecule has 3 unspecified atom stereocenters. The number of amides is 2. The summed E-state index contributed by atoms with van der Waals surface area (Å²) in [7, 11) is 2.94.